The van der Waals surface area contributed by atoms with Gasteiger partial charge in [0.15, 0.2) is 5.84 Å². The summed E-state index contributed by atoms with van der Waals surface area (Å²) < 4.78 is 6.17. The lowest BCUT2D eigenvalue weighted by Crippen LogP contribution is -2.43. The monoisotopic (exact) mass is 395 g/mol. The smallest absolute Gasteiger partial charge is 0.308 e. The zero-order valence-corrected chi connectivity index (χ0v) is 15.8. The van der Waals surface area contributed by atoms with Crippen LogP contribution in [0.4, 0.5) is 0 Å². The lowest BCUT2D eigenvalue weighted by molar-refractivity contribution is -0.139. The number of nitrogens with zero attached hydrogens (tertiary/aromatic N) is 3. The number of hydrogen-bond donors (Lipinski definition) is 1. The second-order valence-corrected chi connectivity index (χ2v) is 6.89. The first kappa shape index (κ1) is 17.9. The number of carbonyl (C=O) groups is 1. The Hall–Kier alpha value is -4.19. The number of carbonyl (C=O) groups excluding carboxylic acids is 1. The van der Waals surface area contributed by atoms with E-state index in [1.807, 2.05) is 48.5 Å². The van der Waals surface area contributed by atoms with E-state index in [0.29, 0.717) is 22.8 Å². The minimum atomic E-state index is -1.58. The second kappa shape index (κ2) is 7.00. The van der Waals surface area contributed by atoms with E-state index in [9.17, 15) is 9.90 Å². The van der Waals surface area contributed by atoms with Crippen LogP contribution < -0.4 is 4.74 Å². The van der Waals surface area contributed by atoms with Gasteiger partial charge in [0.25, 0.3) is 0 Å². The van der Waals surface area contributed by atoms with Crippen molar-refractivity contribution >= 4 is 23.7 Å². The topological polar surface area (TPSA) is 74.5 Å². The molecule has 0 saturated heterocycles. The van der Waals surface area contributed by atoms with Gasteiger partial charge in [0.05, 0.1) is 11.9 Å². The van der Waals surface area contributed by atoms with E-state index < -0.39 is 5.72 Å². The number of ether oxygens (including phenoxy) is 1. The van der Waals surface area contributed by atoms with Crippen molar-refractivity contribution in [3.8, 4) is 11.5 Å². The zero-order valence-electron chi connectivity index (χ0n) is 15.8. The van der Waals surface area contributed by atoms with E-state index in [4.69, 9.17) is 4.74 Å². The Morgan fingerprint density at radius 3 is 2.23 bits per heavy atom. The molecule has 2 aliphatic heterocycles. The van der Waals surface area contributed by atoms with E-state index in [0.717, 1.165) is 5.56 Å². The highest BCUT2D eigenvalue weighted by Crippen LogP contribution is 2.38. The van der Waals surface area contributed by atoms with Gasteiger partial charge in [-0.15, -0.1) is 0 Å². The average Bonchev–Trinajstić information content (AvgIpc) is 3.08. The molecule has 1 N–H and O–H groups in total. The highest BCUT2D eigenvalue weighted by Gasteiger charge is 2.52. The van der Waals surface area contributed by atoms with Crippen LogP contribution in [0, 0.1) is 0 Å². The van der Waals surface area contributed by atoms with E-state index in [2.05, 4.69) is 9.98 Å². The van der Waals surface area contributed by atoms with E-state index in [1.165, 1.54) is 17.0 Å². The molecule has 3 aromatic carbocycles. The normalized spacial score (nSPS) is 19.9. The van der Waals surface area contributed by atoms with Crippen molar-refractivity contribution in [3.05, 3.63) is 102 Å². The largest absolute Gasteiger partial charge is 0.508 e. The molecule has 3 aromatic rings. The Kier molecular flexibility index (Phi) is 4.17. The molecule has 146 valence electrons. The molecular weight excluding hydrogens is 378 g/mol. The molecule has 6 nitrogen and oxygen atoms in total. The zero-order chi connectivity index (χ0) is 20.6. The maximum Gasteiger partial charge on any atom is 0.308 e. The van der Waals surface area contributed by atoms with Crippen LogP contribution in [0.3, 0.4) is 0 Å². The molecule has 5 rings (SSSR count). The fraction of sp³-hybridized carbons (Fsp3) is 0.0417. The molecule has 2 aliphatic rings. The number of aromatic hydroxyl groups is 1. The van der Waals surface area contributed by atoms with Gasteiger partial charge in [0, 0.05) is 17.3 Å². The van der Waals surface area contributed by atoms with Gasteiger partial charge in [-0.2, -0.15) is 0 Å². The fourth-order valence-electron chi connectivity index (χ4n) is 3.45. The third kappa shape index (κ3) is 2.95. The minimum absolute atomic E-state index is 0.111. The predicted octanol–water partition coefficient (Wildman–Crippen LogP) is 3.95. The van der Waals surface area contributed by atoms with Crippen LogP contribution in [0.1, 0.15) is 11.1 Å². The summed E-state index contributed by atoms with van der Waals surface area (Å²) in [5.41, 5.74) is 0.587. The maximum atomic E-state index is 13.6. The summed E-state index contributed by atoms with van der Waals surface area (Å²) in [7, 11) is 0. The molecular formula is C24H17N3O3. The number of phenolic OH excluding ortho intramolecular Hbond substituents is 1. The lowest BCUT2D eigenvalue weighted by atomic mass is 10.0. The molecule has 0 radical (unpaired) electrons. The standard InChI is InChI=1S/C24H17N3O3/c28-19-11-13-20(14-12-19)30-24(18-9-5-2-6-10-18)23(29)27-16-21(25-15-22(27)26-24)17-7-3-1-4-8-17/h1-16,28H. The predicted molar refractivity (Wildman–Crippen MR) is 114 cm³/mol. The molecule has 6 heteroatoms. The van der Waals surface area contributed by atoms with E-state index in [-0.39, 0.29) is 11.7 Å². The van der Waals surface area contributed by atoms with Crippen LogP contribution >= 0.6 is 0 Å². The van der Waals surface area contributed by atoms with Crippen LogP contribution in [-0.2, 0) is 10.5 Å². The van der Waals surface area contributed by atoms with Gasteiger partial charge in [0.1, 0.15) is 11.5 Å². The Labute approximate surface area is 173 Å². The van der Waals surface area contributed by atoms with Crippen molar-refractivity contribution in [2.24, 2.45) is 9.98 Å². The minimum Gasteiger partial charge on any atom is -0.508 e. The highest BCUT2D eigenvalue weighted by molar-refractivity contribution is 6.37. The lowest BCUT2D eigenvalue weighted by Gasteiger charge is -2.27. The quantitative estimate of drug-likeness (QED) is 0.727. The maximum absolute atomic E-state index is 13.6. The Morgan fingerprint density at radius 2 is 1.53 bits per heavy atom. The van der Waals surface area contributed by atoms with Crippen molar-refractivity contribution in [1.29, 1.82) is 0 Å². The second-order valence-electron chi connectivity index (χ2n) is 6.89. The summed E-state index contributed by atoms with van der Waals surface area (Å²) >= 11 is 0. The number of amides is 1. The van der Waals surface area contributed by atoms with Crippen LogP contribution in [-0.4, -0.2) is 28.0 Å². The molecule has 0 bridgehead atoms. The fourth-order valence-corrected chi connectivity index (χ4v) is 3.45. The number of phenols is 1. The van der Waals surface area contributed by atoms with Crippen molar-refractivity contribution in [1.82, 2.24) is 4.90 Å². The number of amidine groups is 1. The van der Waals surface area contributed by atoms with E-state index >= 15 is 0 Å². The van der Waals surface area contributed by atoms with Crippen LogP contribution in [0.5, 0.6) is 11.5 Å². The van der Waals surface area contributed by atoms with Crippen molar-refractivity contribution in [2.75, 3.05) is 0 Å². The molecule has 0 aliphatic carbocycles. The molecule has 0 aromatic heterocycles. The van der Waals surface area contributed by atoms with Gasteiger partial charge in [-0.05, 0) is 24.3 Å². The Bertz CT molecular complexity index is 1190. The van der Waals surface area contributed by atoms with Crippen molar-refractivity contribution < 1.29 is 14.6 Å². The Morgan fingerprint density at radius 1 is 0.867 bits per heavy atom. The van der Waals surface area contributed by atoms with Crippen LogP contribution in [0.15, 0.2) is 101 Å². The van der Waals surface area contributed by atoms with Gasteiger partial charge in [0.2, 0.25) is 0 Å². The number of benzene rings is 3. The molecule has 0 fully saturated rings. The van der Waals surface area contributed by atoms with Gasteiger partial charge >= 0.3 is 11.6 Å². The molecule has 1 atom stereocenters. The van der Waals surface area contributed by atoms with Gasteiger partial charge in [-0.25, -0.2) is 4.99 Å². The summed E-state index contributed by atoms with van der Waals surface area (Å²) in [6.07, 6.45) is 3.26. The molecule has 0 saturated carbocycles. The summed E-state index contributed by atoms with van der Waals surface area (Å²) in [5.74, 6) is 0.595. The molecule has 30 heavy (non-hydrogen) atoms. The van der Waals surface area contributed by atoms with E-state index in [1.54, 1.807) is 36.7 Å². The molecule has 2 heterocycles. The number of rotatable bonds is 4. The van der Waals surface area contributed by atoms with Crippen molar-refractivity contribution in [3.63, 3.8) is 0 Å². The third-order valence-corrected chi connectivity index (χ3v) is 4.93. The summed E-state index contributed by atoms with van der Waals surface area (Å²) in [4.78, 5) is 24.2. The summed E-state index contributed by atoms with van der Waals surface area (Å²) in [6, 6.07) is 25.0. The van der Waals surface area contributed by atoms with Gasteiger partial charge < -0.3 is 9.84 Å². The average molecular weight is 395 g/mol. The van der Waals surface area contributed by atoms with Crippen LogP contribution in [0.25, 0.3) is 5.70 Å². The summed E-state index contributed by atoms with van der Waals surface area (Å²) in [6.45, 7) is 0. The molecule has 1 amide bonds. The molecule has 1 unspecified atom stereocenters. The van der Waals surface area contributed by atoms with Gasteiger partial charge in [-0.1, -0.05) is 60.7 Å². The van der Waals surface area contributed by atoms with Crippen LogP contribution in [0.2, 0.25) is 0 Å². The number of aliphatic imine (C=N–C) groups is 2. The first-order valence-corrected chi connectivity index (χ1v) is 9.44. The number of fused-ring (bicyclic) bond motifs is 1. The number of hydrogen-bond acceptors (Lipinski definition) is 5. The molecule has 0 spiro atoms. The first-order valence-electron chi connectivity index (χ1n) is 9.44. The van der Waals surface area contributed by atoms with Gasteiger partial charge in [-0.3, -0.25) is 14.7 Å². The van der Waals surface area contributed by atoms with Crippen molar-refractivity contribution in [2.45, 2.75) is 5.72 Å². The summed E-state index contributed by atoms with van der Waals surface area (Å²) in [5, 5.41) is 9.57. The first-order chi connectivity index (χ1) is 14.7. The Balaban J connectivity index is 1.59. The third-order valence-electron chi connectivity index (χ3n) is 4.93. The SMILES string of the molecule is O=C1N2C=C(c3ccccc3)N=CC2=NC1(Oc1ccc(O)cc1)c1ccccc1. The highest BCUT2D eigenvalue weighted by atomic mass is 16.5.